The Balaban J connectivity index is 0.000000555. The minimum absolute atomic E-state index is 0.000275. The van der Waals surface area contributed by atoms with E-state index in [0.29, 0.717) is 65.5 Å². The molecule has 0 aromatic heterocycles. The topological polar surface area (TPSA) is 217 Å². The van der Waals surface area contributed by atoms with Crippen LogP contribution in [0.2, 0.25) is 0 Å². The molecule has 0 saturated heterocycles. The number of halogens is 5. The summed E-state index contributed by atoms with van der Waals surface area (Å²) in [4.78, 5) is 92.7. The largest absolute Gasteiger partial charge is 0.481 e. The molecule has 83 heavy (non-hydrogen) atoms. The highest BCUT2D eigenvalue weighted by atomic mass is 32.2. The number of aliphatic carboxylic acids is 4. The molecule has 0 saturated carbocycles. The van der Waals surface area contributed by atoms with Gasteiger partial charge < -0.3 is 20.4 Å². The zero-order chi connectivity index (χ0) is 63.4. The molecule has 5 unspecified atom stereocenters. The summed E-state index contributed by atoms with van der Waals surface area (Å²) >= 11 is 0.454. The minimum atomic E-state index is -2.91. The molecule has 0 aliphatic heterocycles. The lowest BCUT2D eigenvalue weighted by Gasteiger charge is -2.17. The molecule has 4 N–H and O–H groups in total. The third kappa shape index (κ3) is 32.2. The molecule has 458 valence electrons. The van der Waals surface area contributed by atoms with Gasteiger partial charge in [0.05, 0.1) is 23.7 Å². The fourth-order valence-electron chi connectivity index (χ4n) is 8.71. The number of hydrogen-bond acceptors (Lipinski definition) is 9. The van der Waals surface area contributed by atoms with Gasteiger partial charge in [-0.2, -0.15) is 8.78 Å². The standard InChI is InChI=1S/C17H22F2O3S.C17H22F2O3.C16H21FO3.C15H20O3/c1-11(2)8-13(16(21)22)10-14(20)9-12-4-6-15(7-5-12)23-17(3,18)19;1-11(2)8-13(16(21)22)10-15(20)9-12-4-6-14(7-5-12)17(3,18)19;1-4-11(3)14(16(19)20)9-13(18)8-12-6-5-10(2)7-15(12)17;1-3-4-13(15(17)18)10-14(16)9-12-7-5-11(2)6-8-12/h4-7,11,13H,8-10H2,1-3H3,(H,21,22);4-7,11,13H,8-10H2,1-3H3,(H,21,22);5-7,11,14H,4,8-9H2,1-3H3,(H,19,20);5-8,13H,3-4,9-10H2,1-2H3,(H,17,18). The third-order valence-corrected chi connectivity index (χ3v) is 14.2. The van der Waals surface area contributed by atoms with Crippen LogP contribution in [0.4, 0.5) is 22.0 Å². The first-order valence-electron chi connectivity index (χ1n) is 27.9. The van der Waals surface area contributed by atoms with Gasteiger partial charge in [-0.1, -0.05) is 151 Å². The van der Waals surface area contributed by atoms with Crippen LogP contribution in [-0.2, 0) is 70.0 Å². The number of thioether (sulfide) groups is 1. The summed E-state index contributed by atoms with van der Waals surface area (Å²) in [7, 11) is 0. The number of carboxylic acids is 4. The van der Waals surface area contributed by atoms with Gasteiger partial charge in [0.25, 0.3) is 11.2 Å². The highest BCUT2D eigenvalue weighted by molar-refractivity contribution is 8.00. The normalized spacial score (nSPS) is 13.1. The molecule has 0 aliphatic rings. The fraction of sp³-hybridized carbons (Fsp3) is 0.508. The van der Waals surface area contributed by atoms with Crippen molar-refractivity contribution in [3.05, 3.63) is 136 Å². The van der Waals surface area contributed by atoms with Gasteiger partial charge in [-0.25, -0.2) is 13.2 Å². The summed E-state index contributed by atoms with van der Waals surface area (Å²) in [6, 6.07) is 24.4. The Morgan fingerprint density at radius 3 is 1.24 bits per heavy atom. The van der Waals surface area contributed by atoms with Crippen LogP contribution in [0.25, 0.3) is 0 Å². The second-order valence-corrected chi connectivity index (χ2v) is 23.8. The second-order valence-electron chi connectivity index (χ2n) is 22.4. The Morgan fingerprint density at radius 2 is 0.892 bits per heavy atom. The number of carboxylic acid groups (broad SMARTS) is 4. The van der Waals surface area contributed by atoms with Crippen molar-refractivity contribution in [1.82, 2.24) is 0 Å². The van der Waals surface area contributed by atoms with Gasteiger partial charge in [0.1, 0.15) is 29.0 Å². The SMILES string of the molecule is CC(C)CC(CC(=O)Cc1ccc(C(C)(F)F)cc1)C(=O)O.CC(C)CC(CC(=O)Cc1ccc(SC(C)(F)F)cc1)C(=O)O.CCC(C)C(CC(=O)Cc1ccc(C)cc1F)C(=O)O.CCCC(CC(=O)Cc1ccc(C)cc1)C(=O)O. The molecule has 0 amide bonds. The van der Waals surface area contributed by atoms with Crippen molar-refractivity contribution in [2.45, 2.75) is 176 Å². The minimum Gasteiger partial charge on any atom is -0.481 e. The predicted molar refractivity (Wildman–Crippen MR) is 312 cm³/mol. The zero-order valence-electron chi connectivity index (χ0n) is 49.7. The molecule has 0 radical (unpaired) electrons. The lowest BCUT2D eigenvalue weighted by Crippen LogP contribution is -2.25. The van der Waals surface area contributed by atoms with E-state index >= 15 is 0 Å². The van der Waals surface area contributed by atoms with Crippen molar-refractivity contribution >= 4 is 58.8 Å². The van der Waals surface area contributed by atoms with Crippen LogP contribution in [0.1, 0.15) is 159 Å². The monoisotopic (exact) mass is 1180 g/mol. The lowest BCUT2D eigenvalue weighted by atomic mass is 9.86. The van der Waals surface area contributed by atoms with Gasteiger partial charge in [0.15, 0.2) is 0 Å². The van der Waals surface area contributed by atoms with Gasteiger partial charge in [-0.15, -0.1) is 0 Å². The molecular formula is C65H85F5O12S. The number of hydrogen-bond donors (Lipinski definition) is 4. The predicted octanol–water partition coefficient (Wildman–Crippen LogP) is 15.1. The van der Waals surface area contributed by atoms with Crippen LogP contribution in [0.15, 0.2) is 95.9 Å². The molecule has 5 atom stereocenters. The van der Waals surface area contributed by atoms with Crippen LogP contribution in [0.5, 0.6) is 0 Å². The molecule has 18 heteroatoms. The Kier molecular flexibility index (Phi) is 33.1. The molecule has 0 heterocycles. The molecule has 12 nitrogen and oxygen atoms in total. The van der Waals surface area contributed by atoms with E-state index < -0.39 is 64.5 Å². The molecule has 0 bridgehead atoms. The zero-order valence-corrected chi connectivity index (χ0v) is 50.6. The van der Waals surface area contributed by atoms with Crippen LogP contribution in [0, 0.1) is 61.1 Å². The van der Waals surface area contributed by atoms with Crippen LogP contribution in [-0.4, -0.2) is 72.7 Å². The van der Waals surface area contributed by atoms with E-state index in [2.05, 4.69) is 0 Å². The van der Waals surface area contributed by atoms with Gasteiger partial charge >= 0.3 is 23.9 Å². The summed E-state index contributed by atoms with van der Waals surface area (Å²) in [5.41, 5.74) is 4.44. The molecular weight excluding hydrogens is 1100 g/mol. The van der Waals surface area contributed by atoms with Gasteiger partial charge in [-0.05, 0) is 96.9 Å². The number of alkyl halides is 4. The van der Waals surface area contributed by atoms with Crippen LogP contribution in [0.3, 0.4) is 0 Å². The first-order chi connectivity index (χ1) is 38.5. The highest BCUT2D eigenvalue weighted by Gasteiger charge is 2.29. The van der Waals surface area contributed by atoms with Crippen molar-refractivity contribution < 1.29 is 80.7 Å². The number of carbonyl (C=O) groups is 8. The van der Waals surface area contributed by atoms with Gasteiger partial charge in [0, 0.05) is 75.7 Å². The number of Topliss-reactive ketones (excluding diaryl/α,β-unsaturated/α-hetero) is 4. The summed E-state index contributed by atoms with van der Waals surface area (Å²) in [5, 5.41) is 33.6. The Hall–Kier alpha value is -6.56. The van der Waals surface area contributed by atoms with Crippen molar-refractivity contribution in [1.29, 1.82) is 0 Å². The van der Waals surface area contributed by atoms with Gasteiger partial charge in [0.2, 0.25) is 0 Å². The van der Waals surface area contributed by atoms with E-state index in [1.165, 1.54) is 30.3 Å². The average Bonchev–Trinajstić information content (AvgIpc) is 3.43. The summed E-state index contributed by atoms with van der Waals surface area (Å²) in [5.74, 6) is -9.91. The van der Waals surface area contributed by atoms with E-state index in [9.17, 15) is 60.3 Å². The van der Waals surface area contributed by atoms with E-state index in [0.717, 1.165) is 37.0 Å². The molecule has 4 aromatic carbocycles. The maximum atomic E-state index is 13.7. The summed E-state index contributed by atoms with van der Waals surface area (Å²) in [6.07, 6.45) is 3.48. The summed E-state index contributed by atoms with van der Waals surface area (Å²) in [6.45, 7) is 18.7. The molecule has 0 spiro atoms. The Labute approximate surface area is 490 Å². The molecule has 0 aliphatic carbocycles. The molecule has 4 rings (SSSR count). The van der Waals surface area contributed by atoms with Crippen molar-refractivity contribution in [3.8, 4) is 0 Å². The average molecular weight is 1190 g/mol. The van der Waals surface area contributed by atoms with Crippen molar-refractivity contribution in [2.24, 2.45) is 41.4 Å². The van der Waals surface area contributed by atoms with E-state index in [4.69, 9.17) is 20.4 Å². The number of aryl methyl sites for hydroxylation is 2. The van der Waals surface area contributed by atoms with Crippen LogP contribution >= 0.6 is 11.8 Å². The fourth-order valence-corrected chi connectivity index (χ4v) is 9.40. The van der Waals surface area contributed by atoms with E-state index in [1.54, 1.807) is 43.3 Å². The van der Waals surface area contributed by atoms with Crippen LogP contribution < -0.4 is 0 Å². The maximum Gasteiger partial charge on any atom is 0.307 e. The first-order valence-corrected chi connectivity index (χ1v) is 28.8. The first kappa shape index (κ1) is 74.5. The molecule has 0 fully saturated rings. The number of rotatable bonds is 31. The molecule has 4 aromatic rings. The van der Waals surface area contributed by atoms with Crippen molar-refractivity contribution in [3.63, 3.8) is 0 Å². The second kappa shape index (κ2) is 36.9. The summed E-state index contributed by atoms with van der Waals surface area (Å²) < 4.78 is 65.7. The smallest absolute Gasteiger partial charge is 0.307 e. The Morgan fingerprint density at radius 1 is 0.506 bits per heavy atom. The van der Waals surface area contributed by atoms with Crippen molar-refractivity contribution in [2.75, 3.05) is 0 Å². The Bertz CT molecular complexity index is 2700. The van der Waals surface area contributed by atoms with Gasteiger partial charge in [-0.3, -0.25) is 38.4 Å². The third-order valence-electron chi connectivity index (χ3n) is 13.3. The number of benzene rings is 4. The van der Waals surface area contributed by atoms with E-state index in [1.807, 2.05) is 79.7 Å². The maximum absolute atomic E-state index is 13.7. The highest BCUT2D eigenvalue weighted by Crippen LogP contribution is 2.35. The lowest BCUT2D eigenvalue weighted by molar-refractivity contribution is -0.146. The number of ketones is 4. The number of carbonyl (C=O) groups excluding carboxylic acids is 4. The van der Waals surface area contributed by atoms with E-state index in [-0.39, 0.29) is 91.4 Å². The quantitative estimate of drug-likeness (QED) is 0.0273.